The predicted octanol–water partition coefficient (Wildman–Crippen LogP) is -0.325. The van der Waals surface area contributed by atoms with Gasteiger partial charge in [0.05, 0.1) is 5.56 Å². The zero-order valence-corrected chi connectivity index (χ0v) is 17.4. The SMILES string of the molecule is CCc1ncc(C(=O)NC2CCC(C(=O)N3CCN(S(N)(=O)=O)CC3)CC2)cn1. The maximum Gasteiger partial charge on any atom is 0.277 e. The number of piperazine rings is 1. The summed E-state index contributed by atoms with van der Waals surface area (Å²) in [5.41, 5.74) is 0.438. The van der Waals surface area contributed by atoms with Crippen LogP contribution >= 0.6 is 0 Å². The van der Waals surface area contributed by atoms with E-state index in [2.05, 4.69) is 15.3 Å². The lowest BCUT2D eigenvalue weighted by molar-refractivity contribution is -0.137. The maximum absolute atomic E-state index is 12.7. The third-order valence-corrected chi connectivity index (χ3v) is 6.69. The summed E-state index contributed by atoms with van der Waals surface area (Å²) in [4.78, 5) is 35.1. The average Bonchev–Trinajstić information content (AvgIpc) is 2.73. The number of aryl methyl sites for hydroxylation is 1. The number of hydrogen-bond acceptors (Lipinski definition) is 6. The first-order valence-corrected chi connectivity index (χ1v) is 11.5. The maximum atomic E-state index is 12.7. The van der Waals surface area contributed by atoms with E-state index < -0.39 is 10.2 Å². The smallest absolute Gasteiger partial charge is 0.277 e. The number of nitrogens with two attached hydrogens (primary N) is 1. The van der Waals surface area contributed by atoms with E-state index in [1.165, 1.54) is 16.7 Å². The topological polar surface area (TPSA) is 139 Å². The molecule has 3 N–H and O–H groups in total. The van der Waals surface area contributed by atoms with Crippen LogP contribution in [-0.2, 0) is 21.4 Å². The Balaban J connectivity index is 1.45. The van der Waals surface area contributed by atoms with Crippen molar-refractivity contribution in [2.45, 2.75) is 45.1 Å². The molecule has 1 saturated carbocycles. The summed E-state index contributed by atoms with van der Waals surface area (Å²) in [7, 11) is -3.70. The van der Waals surface area contributed by atoms with Gasteiger partial charge in [-0.15, -0.1) is 0 Å². The molecule has 11 heteroatoms. The average molecular weight is 425 g/mol. The first kappa shape index (κ1) is 21.6. The molecule has 2 amide bonds. The van der Waals surface area contributed by atoms with Gasteiger partial charge >= 0.3 is 0 Å². The zero-order valence-electron chi connectivity index (χ0n) is 16.6. The minimum absolute atomic E-state index is 0.0247. The molecule has 1 aromatic heterocycles. The molecule has 0 radical (unpaired) electrons. The van der Waals surface area contributed by atoms with Gasteiger partial charge in [-0.2, -0.15) is 12.7 Å². The first-order chi connectivity index (χ1) is 13.8. The number of carbonyl (C=O) groups excluding carboxylic acids is 2. The van der Waals surface area contributed by atoms with Crippen LogP contribution in [-0.4, -0.2) is 71.6 Å². The molecule has 0 aromatic carbocycles. The summed E-state index contributed by atoms with van der Waals surface area (Å²) in [6.45, 7) is 3.14. The summed E-state index contributed by atoms with van der Waals surface area (Å²) in [6.07, 6.45) is 6.65. The number of rotatable bonds is 5. The fourth-order valence-electron chi connectivity index (χ4n) is 3.83. The third kappa shape index (κ3) is 5.49. The van der Waals surface area contributed by atoms with Crippen molar-refractivity contribution in [2.75, 3.05) is 26.2 Å². The van der Waals surface area contributed by atoms with Gasteiger partial charge < -0.3 is 10.2 Å². The number of amides is 2. The summed E-state index contributed by atoms with van der Waals surface area (Å²) in [5, 5.41) is 8.14. The van der Waals surface area contributed by atoms with Crippen molar-refractivity contribution in [3.8, 4) is 0 Å². The van der Waals surface area contributed by atoms with Gasteiger partial charge in [0.15, 0.2) is 0 Å². The van der Waals surface area contributed by atoms with Gasteiger partial charge in [0.2, 0.25) is 5.91 Å². The standard InChI is InChI=1S/C18H28N6O4S/c1-2-16-20-11-14(12-21-16)17(25)22-15-5-3-13(4-6-15)18(26)23-7-9-24(10-8-23)29(19,27)28/h11-13,15H,2-10H2,1H3,(H,22,25)(H2,19,27,28). The molecule has 160 valence electrons. The van der Waals surface area contributed by atoms with Crippen LogP contribution in [0.4, 0.5) is 0 Å². The number of nitrogens with one attached hydrogen (secondary N) is 1. The molecule has 0 unspecified atom stereocenters. The lowest BCUT2D eigenvalue weighted by atomic mass is 9.85. The van der Waals surface area contributed by atoms with Crippen LogP contribution in [0, 0.1) is 5.92 Å². The van der Waals surface area contributed by atoms with Crippen molar-refractivity contribution in [1.82, 2.24) is 24.5 Å². The van der Waals surface area contributed by atoms with E-state index in [0.717, 1.165) is 19.3 Å². The Morgan fingerprint density at radius 2 is 1.69 bits per heavy atom. The fourth-order valence-corrected chi connectivity index (χ4v) is 4.50. The van der Waals surface area contributed by atoms with E-state index in [0.29, 0.717) is 37.3 Å². The molecule has 1 aliphatic heterocycles. The highest BCUT2D eigenvalue weighted by molar-refractivity contribution is 7.86. The lowest BCUT2D eigenvalue weighted by Crippen LogP contribution is -2.53. The molecule has 2 fully saturated rings. The summed E-state index contributed by atoms with van der Waals surface area (Å²) >= 11 is 0. The van der Waals surface area contributed by atoms with Gasteiger partial charge in [0.1, 0.15) is 5.82 Å². The van der Waals surface area contributed by atoms with E-state index in [9.17, 15) is 18.0 Å². The molecular weight excluding hydrogens is 396 g/mol. The third-order valence-electron chi connectivity index (χ3n) is 5.61. The number of aromatic nitrogens is 2. The zero-order chi connectivity index (χ0) is 21.0. The summed E-state index contributed by atoms with van der Waals surface area (Å²) in [5.74, 6) is 0.482. The summed E-state index contributed by atoms with van der Waals surface area (Å²) in [6, 6.07) is 0.0247. The Hall–Kier alpha value is -2.11. The minimum Gasteiger partial charge on any atom is -0.349 e. The fraction of sp³-hybridized carbons (Fsp3) is 0.667. The quantitative estimate of drug-likeness (QED) is 0.664. The van der Waals surface area contributed by atoms with Crippen LogP contribution in [0.15, 0.2) is 12.4 Å². The molecule has 1 saturated heterocycles. The van der Waals surface area contributed by atoms with Crippen LogP contribution < -0.4 is 10.5 Å². The van der Waals surface area contributed by atoms with Crippen LogP contribution in [0.25, 0.3) is 0 Å². The van der Waals surface area contributed by atoms with Gasteiger partial charge in [-0.25, -0.2) is 15.1 Å². The van der Waals surface area contributed by atoms with Gasteiger partial charge in [0.25, 0.3) is 16.1 Å². The molecule has 0 atom stereocenters. The largest absolute Gasteiger partial charge is 0.349 e. The number of hydrogen-bond donors (Lipinski definition) is 2. The second-order valence-electron chi connectivity index (χ2n) is 7.53. The van der Waals surface area contributed by atoms with Crippen molar-refractivity contribution in [2.24, 2.45) is 11.1 Å². The van der Waals surface area contributed by atoms with E-state index in [4.69, 9.17) is 5.14 Å². The van der Waals surface area contributed by atoms with Crippen LogP contribution in [0.5, 0.6) is 0 Å². The predicted molar refractivity (Wildman–Crippen MR) is 106 cm³/mol. The number of nitrogens with zero attached hydrogens (tertiary/aromatic N) is 4. The van der Waals surface area contributed by atoms with E-state index in [-0.39, 0.29) is 36.9 Å². The highest BCUT2D eigenvalue weighted by Gasteiger charge is 2.33. The van der Waals surface area contributed by atoms with Crippen LogP contribution in [0.2, 0.25) is 0 Å². The number of carbonyl (C=O) groups is 2. The van der Waals surface area contributed by atoms with Crippen molar-refractivity contribution in [1.29, 1.82) is 0 Å². The molecule has 3 rings (SSSR count). The second kappa shape index (κ2) is 9.14. The normalized spacial score (nSPS) is 23.6. The van der Waals surface area contributed by atoms with E-state index in [1.54, 1.807) is 4.90 Å². The Morgan fingerprint density at radius 1 is 1.10 bits per heavy atom. The first-order valence-electron chi connectivity index (χ1n) is 9.96. The van der Waals surface area contributed by atoms with E-state index in [1.807, 2.05) is 6.92 Å². The molecule has 2 heterocycles. The Kier molecular flexibility index (Phi) is 6.81. The Morgan fingerprint density at radius 3 is 2.21 bits per heavy atom. The van der Waals surface area contributed by atoms with Gasteiger partial charge in [-0.3, -0.25) is 9.59 Å². The molecule has 0 bridgehead atoms. The second-order valence-corrected chi connectivity index (χ2v) is 9.08. The molecule has 0 spiro atoms. The van der Waals surface area contributed by atoms with Gasteiger partial charge in [-0.1, -0.05) is 6.92 Å². The molecule has 1 aliphatic carbocycles. The summed E-state index contributed by atoms with van der Waals surface area (Å²) < 4.78 is 24.0. The molecule has 2 aliphatic rings. The Labute approximate surface area is 171 Å². The molecular formula is C18H28N6O4S. The van der Waals surface area contributed by atoms with E-state index >= 15 is 0 Å². The van der Waals surface area contributed by atoms with Crippen molar-refractivity contribution in [3.63, 3.8) is 0 Å². The highest BCUT2D eigenvalue weighted by Crippen LogP contribution is 2.27. The van der Waals surface area contributed by atoms with Gasteiger partial charge in [-0.05, 0) is 25.7 Å². The lowest BCUT2D eigenvalue weighted by Gasteiger charge is -2.36. The minimum atomic E-state index is -3.70. The van der Waals surface area contributed by atoms with Crippen LogP contribution in [0.1, 0.15) is 48.8 Å². The van der Waals surface area contributed by atoms with Crippen molar-refractivity contribution >= 4 is 22.0 Å². The molecule has 1 aromatic rings. The molecule has 29 heavy (non-hydrogen) atoms. The van der Waals surface area contributed by atoms with Gasteiger partial charge in [0, 0.05) is 57.0 Å². The van der Waals surface area contributed by atoms with Crippen LogP contribution in [0.3, 0.4) is 0 Å². The Bertz CT molecular complexity index is 828. The monoisotopic (exact) mass is 424 g/mol. The molecule has 10 nitrogen and oxygen atoms in total. The van der Waals surface area contributed by atoms with Crippen molar-refractivity contribution in [3.05, 3.63) is 23.8 Å². The van der Waals surface area contributed by atoms with Crippen molar-refractivity contribution < 1.29 is 18.0 Å². The highest BCUT2D eigenvalue weighted by atomic mass is 32.2.